The fourth-order valence-electron chi connectivity index (χ4n) is 2.36. The fourth-order valence-corrected chi connectivity index (χ4v) is 2.36. The van der Waals surface area contributed by atoms with Crippen molar-refractivity contribution in [3.8, 4) is 0 Å². The summed E-state index contributed by atoms with van der Waals surface area (Å²) in [6.45, 7) is 6.53. The summed E-state index contributed by atoms with van der Waals surface area (Å²) in [6, 6.07) is 1.52. The Balaban J connectivity index is 1.99. The Morgan fingerprint density at radius 3 is 2.91 bits per heavy atom. The van der Waals surface area contributed by atoms with Gasteiger partial charge in [-0.15, -0.1) is 0 Å². The maximum atomic E-state index is 11.8. The van der Waals surface area contributed by atoms with Gasteiger partial charge in [0.15, 0.2) is 0 Å². The highest BCUT2D eigenvalue weighted by atomic mass is 16.6. The first kappa shape index (κ1) is 16.0. The van der Waals surface area contributed by atoms with Crippen LogP contribution in [0.1, 0.15) is 27.2 Å². The third kappa shape index (κ3) is 4.06. The van der Waals surface area contributed by atoms with Crippen LogP contribution in [0.25, 0.3) is 0 Å². The molecule has 1 aliphatic rings. The van der Waals surface area contributed by atoms with Gasteiger partial charge in [-0.05, 0) is 33.3 Å². The predicted octanol–water partition coefficient (Wildman–Crippen LogP) is 2.09. The Labute approximate surface area is 128 Å². The van der Waals surface area contributed by atoms with Crippen molar-refractivity contribution in [3.05, 3.63) is 28.6 Å². The smallest absolute Gasteiger partial charge is 0.407 e. The molecule has 0 bridgehead atoms. The molecule has 0 radical (unpaired) electrons. The normalized spacial score (nSPS) is 18.1. The van der Waals surface area contributed by atoms with Gasteiger partial charge in [0.1, 0.15) is 17.5 Å². The van der Waals surface area contributed by atoms with Gasteiger partial charge < -0.3 is 15.0 Å². The van der Waals surface area contributed by atoms with Gasteiger partial charge in [-0.2, -0.15) is 0 Å². The van der Waals surface area contributed by atoms with Crippen molar-refractivity contribution in [2.24, 2.45) is 0 Å². The van der Waals surface area contributed by atoms with Crippen LogP contribution in [0.2, 0.25) is 0 Å². The van der Waals surface area contributed by atoms with Gasteiger partial charge in [0.05, 0.1) is 11.0 Å². The molecule has 0 spiro atoms. The first-order chi connectivity index (χ1) is 10.3. The predicted molar refractivity (Wildman–Crippen MR) is 80.9 cm³/mol. The second-order valence-corrected chi connectivity index (χ2v) is 6.20. The van der Waals surface area contributed by atoms with Gasteiger partial charge in [-0.25, -0.2) is 4.79 Å². The highest BCUT2D eigenvalue weighted by Gasteiger charge is 2.29. The van der Waals surface area contributed by atoms with Crippen molar-refractivity contribution in [2.75, 3.05) is 18.0 Å². The molecule has 1 aromatic rings. The standard InChI is InChI=1S/C14H20N4O4/c1-14(2,3)22-13(19)16-10-5-7-17(9-10)11-4-6-15-8-12(11)18(20)21/h4,6,8,10H,5,7,9H2,1-3H3,(H,16,19). The number of anilines is 1. The van der Waals surface area contributed by atoms with E-state index >= 15 is 0 Å². The summed E-state index contributed by atoms with van der Waals surface area (Å²) >= 11 is 0. The number of pyridine rings is 1. The summed E-state index contributed by atoms with van der Waals surface area (Å²) < 4.78 is 5.22. The van der Waals surface area contributed by atoms with Gasteiger partial charge in [-0.1, -0.05) is 0 Å². The number of hydrogen-bond acceptors (Lipinski definition) is 6. The lowest BCUT2D eigenvalue weighted by Gasteiger charge is -2.22. The van der Waals surface area contributed by atoms with E-state index < -0.39 is 16.6 Å². The van der Waals surface area contributed by atoms with E-state index in [1.54, 1.807) is 26.8 Å². The summed E-state index contributed by atoms with van der Waals surface area (Å²) in [7, 11) is 0. The molecule has 0 saturated carbocycles. The molecular weight excluding hydrogens is 288 g/mol. The second kappa shape index (κ2) is 6.17. The van der Waals surface area contributed by atoms with E-state index in [9.17, 15) is 14.9 Å². The minimum atomic E-state index is -0.549. The molecule has 1 aromatic heterocycles. The molecular formula is C14H20N4O4. The molecule has 22 heavy (non-hydrogen) atoms. The van der Waals surface area contributed by atoms with Crippen molar-refractivity contribution in [1.82, 2.24) is 10.3 Å². The monoisotopic (exact) mass is 308 g/mol. The summed E-state index contributed by atoms with van der Waals surface area (Å²) in [4.78, 5) is 28.0. The summed E-state index contributed by atoms with van der Waals surface area (Å²) in [5, 5.41) is 13.8. The van der Waals surface area contributed by atoms with Crippen molar-refractivity contribution >= 4 is 17.5 Å². The van der Waals surface area contributed by atoms with E-state index in [2.05, 4.69) is 10.3 Å². The largest absolute Gasteiger partial charge is 0.444 e. The van der Waals surface area contributed by atoms with Crippen molar-refractivity contribution in [3.63, 3.8) is 0 Å². The summed E-state index contributed by atoms with van der Waals surface area (Å²) in [5.74, 6) is 0. The highest BCUT2D eigenvalue weighted by molar-refractivity contribution is 5.69. The minimum absolute atomic E-state index is 0.0274. The first-order valence-electron chi connectivity index (χ1n) is 7.09. The molecule has 8 heteroatoms. The number of rotatable bonds is 3. The first-order valence-corrected chi connectivity index (χ1v) is 7.09. The molecule has 8 nitrogen and oxygen atoms in total. The molecule has 1 saturated heterocycles. The zero-order valence-corrected chi connectivity index (χ0v) is 12.9. The maximum Gasteiger partial charge on any atom is 0.407 e. The maximum absolute atomic E-state index is 11.8. The van der Waals surface area contributed by atoms with Crippen LogP contribution < -0.4 is 10.2 Å². The van der Waals surface area contributed by atoms with Crippen LogP contribution in [0.4, 0.5) is 16.2 Å². The van der Waals surface area contributed by atoms with Gasteiger partial charge in [0, 0.05) is 19.3 Å². The van der Waals surface area contributed by atoms with Gasteiger partial charge in [0.25, 0.3) is 0 Å². The Morgan fingerprint density at radius 2 is 2.27 bits per heavy atom. The third-order valence-electron chi connectivity index (χ3n) is 3.22. The Morgan fingerprint density at radius 1 is 1.55 bits per heavy atom. The Kier molecular flexibility index (Phi) is 4.48. The fraction of sp³-hybridized carbons (Fsp3) is 0.571. The number of ether oxygens (including phenoxy) is 1. The van der Waals surface area contributed by atoms with Gasteiger partial charge >= 0.3 is 11.8 Å². The molecule has 2 rings (SSSR count). The van der Waals surface area contributed by atoms with Gasteiger partial charge in [-0.3, -0.25) is 15.1 Å². The van der Waals surface area contributed by atoms with Crippen molar-refractivity contribution in [2.45, 2.75) is 38.8 Å². The summed E-state index contributed by atoms with van der Waals surface area (Å²) in [6.07, 6.45) is 3.00. The van der Waals surface area contributed by atoms with Crippen molar-refractivity contribution in [1.29, 1.82) is 0 Å². The van der Waals surface area contributed by atoms with Gasteiger partial charge in [0.2, 0.25) is 0 Å². The number of nitrogens with one attached hydrogen (secondary N) is 1. The lowest BCUT2D eigenvalue weighted by atomic mass is 10.2. The molecule has 1 N–H and O–H groups in total. The molecule has 0 aromatic carbocycles. The van der Waals surface area contributed by atoms with E-state index in [0.717, 1.165) is 0 Å². The minimum Gasteiger partial charge on any atom is -0.444 e. The lowest BCUT2D eigenvalue weighted by molar-refractivity contribution is -0.384. The van der Waals surface area contributed by atoms with Crippen LogP contribution in [0.5, 0.6) is 0 Å². The van der Waals surface area contributed by atoms with Crippen LogP contribution in [0.3, 0.4) is 0 Å². The highest BCUT2D eigenvalue weighted by Crippen LogP contribution is 2.29. The molecule has 1 atom stereocenters. The average Bonchev–Trinajstić information content (AvgIpc) is 2.84. The topological polar surface area (TPSA) is 97.6 Å². The zero-order valence-electron chi connectivity index (χ0n) is 12.9. The number of alkyl carbamates (subject to hydrolysis) is 1. The molecule has 1 unspecified atom stereocenters. The van der Waals surface area contributed by atoms with Crippen LogP contribution in [0.15, 0.2) is 18.5 Å². The van der Waals surface area contributed by atoms with E-state index in [-0.39, 0.29) is 11.7 Å². The molecule has 2 heterocycles. The average molecular weight is 308 g/mol. The molecule has 1 fully saturated rings. The van der Waals surface area contributed by atoms with E-state index in [1.165, 1.54) is 12.4 Å². The lowest BCUT2D eigenvalue weighted by Crippen LogP contribution is -2.40. The molecule has 120 valence electrons. The Bertz CT molecular complexity index is 570. The van der Waals surface area contributed by atoms with Crippen LogP contribution in [0, 0.1) is 10.1 Å². The quantitative estimate of drug-likeness (QED) is 0.678. The molecule has 0 aliphatic carbocycles. The number of carbonyl (C=O) groups excluding carboxylic acids is 1. The third-order valence-corrected chi connectivity index (χ3v) is 3.22. The molecule has 1 amide bonds. The zero-order chi connectivity index (χ0) is 16.3. The van der Waals surface area contributed by atoms with Crippen LogP contribution in [-0.2, 0) is 4.74 Å². The SMILES string of the molecule is CC(C)(C)OC(=O)NC1CCN(c2ccncc2[N+](=O)[O-])C1. The van der Waals surface area contributed by atoms with Crippen LogP contribution >= 0.6 is 0 Å². The number of hydrogen-bond donors (Lipinski definition) is 1. The Hall–Kier alpha value is -2.38. The summed E-state index contributed by atoms with van der Waals surface area (Å²) in [5.41, 5.74) is -0.0550. The van der Waals surface area contributed by atoms with Crippen molar-refractivity contribution < 1.29 is 14.5 Å². The number of nitrogens with zero attached hydrogens (tertiary/aromatic N) is 3. The number of carbonyl (C=O) groups is 1. The molecule has 1 aliphatic heterocycles. The van der Waals surface area contributed by atoms with E-state index in [1.807, 2.05) is 4.90 Å². The number of nitro groups is 1. The number of amides is 1. The number of aromatic nitrogens is 1. The second-order valence-electron chi connectivity index (χ2n) is 6.20. The van der Waals surface area contributed by atoms with E-state index in [0.29, 0.717) is 25.2 Å². The van der Waals surface area contributed by atoms with Crippen LogP contribution in [-0.4, -0.2) is 40.7 Å². The van der Waals surface area contributed by atoms with E-state index in [4.69, 9.17) is 4.74 Å².